The number of sulfone groups is 1. The van der Waals surface area contributed by atoms with E-state index in [1.54, 1.807) is 12.1 Å². The van der Waals surface area contributed by atoms with Crippen LogP contribution in [0.15, 0.2) is 59.5 Å². The highest BCUT2D eigenvalue weighted by atomic mass is 32.2. The lowest BCUT2D eigenvalue weighted by Gasteiger charge is -2.38. The molecule has 1 saturated heterocycles. The summed E-state index contributed by atoms with van der Waals surface area (Å²) >= 11 is 0. The van der Waals surface area contributed by atoms with Crippen LogP contribution >= 0.6 is 0 Å². The molecule has 1 aliphatic heterocycles. The normalized spacial score (nSPS) is 16.7. The zero-order valence-electron chi connectivity index (χ0n) is 19.3. The summed E-state index contributed by atoms with van der Waals surface area (Å²) in [5.74, 6) is 0.371. The molecule has 0 bridgehead atoms. The SMILES string of the molecule is CCC[C@@H](c1nnnn1CS(=O)(=O)c1ccc(C)cc1)N1CCN(Cc2ccccc2)CC1. The van der Waals surface area contributed by atoms with Crippen molar-refractivity contribution in [1.29, 1.82) is 0 Å². The van der Waals surface area contributed by atoms with E-state index in [1.165, 1.54) is 10.2 Å². The number of piperazine rings is 1. The van der Waals surface area contributed by atoms with Crippen molar-refractivity contribution < 1.29 is 8.42 Å². The lowest BCUT2D eigenvalue weighted by Crippen LogP contribution is -2.47. The first-order valence-corrected chi connectivity index (χ1v) is 13.2. The minimum atomic E-state index is -3.55. The molecule has 8 nitrogen and oxygen atoms in total. The van der Waals surface area contributed by atoms with Crippen LogP contribution in [0, 0.1) is 6.92 Å². The van der Waals surface area contributed by atoms with Crippen molar-refractivity contribution in [1.82, 2.24) is 30.0 Å². The number of hydrogen-bond donors (Lipinski definition) is 0. The molecule has 0 N–H and O–H groups in total. The van der Waals surface area contributed by atoms with Gasteiger partial charge in [-0.05, 0) is 41.5 Å². The van der Waals surface area contributed by atoms with Gasteiger partial charge in [-0.3, -0.25) is 9.80 Å². The second-order valence-corrected chi connectivity index (χ2v) is 10.7. The molecule has 4 rings (SSSR count). The monoisotopic (exact) mass is 468 g/mol. The van der Waals surface area contributed by atoms with E-state index in [2.05, 4.69) is 56.5 Å². The van der Waals surface area contributed by atoms with Gasteiger partial charge in [-0.25, -0.2) is 13.1 Å². The second-order valence-electron chi connectivity index (χ2n) is 8.70. The second kappa shape index (κ2) is 10.5. The van der Waals surface area contributed by atoms with Crippen molar-refractivity contribution >= 4 is 9.84 Å². The van der Waals surface area contributed by atoms with Gasteiger partial charge >= 0.3 is 0 Å². The first-order chi connectivity index (χ1) is 16.0. The lowest BCUT2D eigenvalue weighted by atomic mass is 10.1. The molecule has 1 atom stereocenters. The fourth-order valence-corrected chi connectivity index (χ4v) is 5.55. The summed E-state index contributed by atoms with van der Waals surface area (Å²) in [6, 6.07) is 17.4. The van der Waals surface area contributed by atoms with Crippen LogP contribution in [0.1, 0.15) is 42.8 Å². The van der Waals surface area contributed by atoms with Gasteiger partial charge in [0.25, 0.3) is 0 Å². The van der Waals surface area contributed by atoms with Crippen molar-refractivity contribution in [3.63, 3.8) is 0 Å². The van der Waals surface area contributed by atoms with Crippen LogP contribution in [0.3, 0.4) is 0 Å². The molecule has 1 aromatic heterocycles. The van der Waals surface area contributed by atoms with Crippen molar-refractivity contribution in [2.24, 2.45) is 0 Å². The van der Waals surface area contributed by atoms with Crippen molar-refractivity contribution in [2.75, 3.05) is 26.2 Å². The molecular formula is C24H32N6O2S. The van der Waals surface area contributed by atoms with Crippen LogP contribution in [0.5, 0.6) is 0 Å². The van der Waals surface area contributed by atoms with Crippen LogP contribution in [0.2, 0.25) is 0 Å². The molecule has 0 unspecified atom stereocenters. The van der Waals surface area contributed by atoms with Crippen molar-refractivity contribution in [3.05, 3.63) is 71.5 Å². The number of rotatable bonds is 9. The number of hydrogen-bond acceptors (Lipinski definition) is 7. The van der Waals surface area contributed by atoms with E-state index in [0.29, 0.717) is 5.82 Å². The quantitative estimate of drug-likeness (QED) is 0.477. The van der Waals surface area contributed by atoms with E-state index in [1.807, 2.05) is 25.1 Å². The minimum Gasteiger partial charge on any atom is -0.297 e. The molecule has 33 heavy (non-hydrogen) atoms. The molecule has 0 amide bonds. The third-order valence-electron chi connectivity index (χ3n) is 6.19. The number of benzene rings is 2. The van der Waals surface area contributed by atoms with Crippen LogP contribution in [-0.4, -0.2) is 64.6 Å². The number of aryl methyl sites for hydroxylation is 1. The Labute approximate surface area is 196 Å². The summed E-state index contributed by atoms with van der Waals surface area (Å²) < 4.78 is 27.5. The third-order valence-corrected chi connectivity index (χ3v) is 7.76. The van der Waals surface area contributed by atoms with Crippen molar-refractivity contribution in [2.45, 2.75) is 50.0 Å². The van der Waals surface area contributed by atoms with E-state index in [4.69, 9.17) is 0 Å². The summed E-state index contributed by atoms with van der Waals surface area (Å²) in [7, 11) is -3.55. The van der Waals surface area contributed by atoms with E-state index in [0.717, 1.165) is 51.1 Å². The van der Waals surface area contributed by atoms with Gasteiger partial charge in [-0.2, -0.15) is 0 Å². The molecule has 176 valence electrons. The zero-order valence-corrected chi connectivity index (χ0v) is 20.2. The number of tetrazole rings is 1. The predicted molar refractivity (Wildman–Crippen MR) is 127 cm³/mol. The van der Waals surface area contributed by atoms with E-state index >= 15 is 0 Å². The van der Waals surface area contributed by atoms with Gasteiger partial charge in [0, 0.05) is 32.7 Å². The third kappa shape index (κ3) is 5.85. The van der Waals surface area contributed by atoms with Gasteiger partial charge in [-0.1, -0.05) is 61.4 Å². The first kappa shape index (κ1) is 23.5. The molecular weight excluding hydrogens is 436 g/mol. The molecule has 2 aromatic carbocycles. The topological polar surface area (TPSA) is 84.2 Å². The Kier molecular flexibility index (Phi) is 7.52. The minimum absolute atomic E-state index is 0.00269. The largest absolute Gasteiger partial charge is 0.297 e. The number of aromatic nitrogens is 4. The molecule has 0 spiro atoms. The number of nitrogens with zero attached hydrogens (tertiary/aromatic N) is 6. The van der Waals surface area contributed by atoms with Crippen LogP contribution in [-0.2, 0) is 22.3 Å². The molecule has 0 saturated carbocycles. The Bertz CT molecular complexity index is 1120. The average Bonchev–Trinajstić information content (AvgIpc) is 3.26. The van der Waals surface area contributed by atoms with Crippen LogP contribution in [0.25, 0.3) is 0 Å². The van der Waals surface area contributed by atoms with Gasteiger partial charge < -0.3 is 0 Å². The fourth-order valence-electron chi connectivity index (χ4n) is 4.35. The standard InChI is InChI=1S/C24H32N6O2S/c1-3-7-23(29-16-14-28(15-17-29)18-21-8-5-4-6-9-21)24-25-26-27-30(24)19-33(31,32)22-12-10-20(2)11-13-22/h4-6,8-13,23H,3,7,14-19H2,1-2H3/t23-/m0/s1. The summed E-state index contributed by atoms with van der Waals surface area (Å²) in [6.07, 6.45) is 1.84. The van der Waals surface area contributed by atoms with Crippen LogP contribution < -0.4 is 0 Å². The highest BCUT2D eigenvalue weighted by molar-refractivity contribution is 7.90. The highest BCUT2D eigenvalue weighted by Crippen LogP contribution is 2.26. The Balaban J connectivity index is 1.46. The van der Waals surface area contributed by atoms with E-state index in [9.17, 15) is 8.42 Å². The maximum absolute atomic E-state index is 13.0. The molecule has 3 aromatic rings. The molecule has 0 aliphatic carbocycles. The summed E-state index contributed by atoms with van der Waals surface area (Å²) in [4.78, 5) is 5.14. The molecule has 1 fully saturated rings. The van der Waals surface area contributed by atoms with E-state index < -0.39 is 9.84 Å². The van der Waals surface area contributed by atoms with Gasteiger partial charge in [-0.15, -0.1) is 5.10 Å². The summed E-state index contributed by atoms with van der Waals surface area (Å²) in [5, 5.41) is 12.2. The van der Waals surface area contributed by atoms with Gasteiger partial charge in [0.1, 0.15) is 0 Å². The van der Waals surface area contributed by atoms with E-state index in [-0.39, 0.29) is 16.8 Å². The predicted octanol–water partition coefficient (Wildman–Crippen LogP) is 3.07. The summed E-state index contributed by atoms with van der Waals surface area (Å²) in [5.41, 5.74) is 2.34. The maximum atomic E-state index is 13.0. The van der Waals surface area contributed by atoms with Crippen molar-refractivity contribution in [3.8, 4) is 0 Å². The molecule has 1 aliphatic rings. The summed E-state index contributed by atoms with van der Waals surface area (Å²) in [6.45, 7) is 8.72. The lowest BCUT2D eigenvalue weighted by molar-refractivity contribution is 0.0822. The maximum Gasteiger partial charge on any atom is 0.198 e. The molecule has 0 radical (unpaired) electrons. The fraction of sp³-hybridized carbons (Fsp3) is 0.458. The Morgan fingerprint density at radius 2 is 1.67 bits per heavy atom. The highest BCUT2D eigenvalue weighted by Gasteiger charge is 2.30. The average molecular weight is 469 g/mol. The first-order valence-electron chi connectivity index (χ1n) is 11.5. The Morgan fingerprint density at radius 3 is 2.33 bits per heavy atom. The van der Waals surface area contributed by atoms with Gasteiger partial charge in [0.15, 0.2) is 21.5 Å². The Morgan fingerprint density at radius 1 is 0.970 bits per heavy atom. The molecule has 2 heterocycles. The van der Waals surface area contributed by atoms with Crippen LogP contribution in [0.4, 0.5) is 0 Å². The van der Waals surface area contributed by atoms with Gasteiger partial charge in [0.05, 0.1) is 10.9 Å². The smallest absolute Gasteiger partial charge is 0.198 e. The zero-order chi connectivity index (χ0) is 23.3. The molecule has 9 heteroatoms. The van der Waals surface area contributed by atoms with Gasteiger partial charge in [0.2, 0.25) is 0 Å². The Hall–Kier alpha value is -2.62.